The van der Waals surface area contributed by atoms with E-state index in [0.29, 0.717) is 0 Å². The van der Waals surface area contributed by atoms with Gasteiger partial charge in [0.05, 0.1) is 0 Å². The van der Waals surface area contributed by atoms with Crippen LogP contribution in [0.5, 0.6) is 0 Å². The Balaban J connectivity index is -0.0000000453. The Hall–Kier alpha value is 2.70. The van der Waals surface area contributed by atoms with Crippen LogP contribution in [0.2, 0.25) is 0 Å². The maximum atomic E-state index is 7.56. The first-order valence-electron chi connectivity index (χ1n) is 5.03. The fourth-order valence-corrected chi connectivity index (χ4v) is 0. The molecule has 6 N–H and O–H groups in total. The molecule has 0 atom stereocenters. The van der Waals surface area contributed by atoms with Crippen LogP contribution in [0, 0.1) is 11.8 Å². The fourth-order valence-electron chi connectivity index (χ4n) is 0. The molecule has 0 aromatic rings. The Labute approximate surface area is 169 Å². The van der Waals surface area contributed by atoms with Gasteiger partial charge in [-0.05, 0) is 35.4 Å². The molecule has 0 spiro atoms. The van der Waals surface area contributed by atoms with Crippen LogP contribution in [0.3, 0.4) is 0 Å². The summed E-state index contributed by atoms with van der Waals surface area (Å²) in [6.45, 7) is 5.39. The van der Waals surface area contributed by atoms with Crippen LogP contribution in [0.25, 0.3) is 0 Å². The van der Waals surface area contributed by atoms with Crippen molar-refractivity contribution in [1.82, 2.24) is 0 Å². The summed E-state index contributed by atoms with van der Waals surface area (Å²) in [6, 6.07) is 0. The van der Waals surface area contributed by atoms with Gasteiger partial charge in [0, 0.05) is 0 Å². The van der Waals surface area contributed by atoms with Gasteiger partial charge in [-0.25, -0.2) is 0 Å². The molecule has 0 heterocycles. The normalized spacial score (nSPS) is 10.0. The average Bonchev–Trinajstić information content (AvgIpc) is 1.70. The van der Waals surface area contributed by atoms with Gasteiger partial charge < -0.3 is 29.4 Å². The second-order valence-electron chi connectivity index (χ2n) is 4.49. The zero-order valence-corrected chi connectivity index (χ0v) is 15.0. The topological polar surface area (TPSA) is 121 Å². The van der Waals surface area contributed by atoms with Crippen LogP contribution in [0.4, 0.5) is 0 Å². The molecule has 0 saturated heterocycles. The first-order chi connectivity index (χ1) is 7.46. The predicted octanol–water partition coefficient (Wildman–Crippen LogP) is 1.05. The Morgan fingerprint density at radius 3 is 0.579 bits per heavy atom. The summed E-state index contributed by atoms with van der Waals surface area (Å²) in [4.78, 5) is 45.3. The molecule has 0 aliphatic rings. The first kappa shape index (κ1) is 33.3. The SMILES string of the molecule is CC(C)C.CC(C)C.OP(O)(O)=S.OP(O)(O)=S.[KH]. The van der Waals surface area contributed by atoms with Crippen LogP contribution in [0.1, 0.15) is 41.5 Å². The van der Waals surface area contributed by atoms with E-state index < -0.39 is 13.4 Å². The standard InChI is InChI=1S/2C4H10.K.2H3O3PS.H/c2*1-4(2)3;;2*1-4(2,3)5;/h2*4H,1-3H3;;2*(H3,1,2,3,5);. The van der Waals surface area contributed by atoms with Crippen LogP contribution in [0.15, 0.2) is 0 Å². The Morgan fingerprint density at radius 1 is 0.579 bits per heavy atom. The molecule has 0 aromatic heterocycles. The van der Waals surface area contributed by atoms with E-state index in [4.69, 9.17) is 29.4 Å². The van der Waals surface area contributed by atoms with Crippen molar-refractivity contribution in [2.24, 2.45) is 11.8 Å². The Morgan fingerprint density at radius 2 is 0.579 bits per heavy atom. The van der Waals surface area contributed by atoms with Gasteiger partial charge in [0.2, 0.25) is 0 Å². The summed E-state index contributed by atoms with van der Waals surface area (Å²) in [5, 5.41) is 0. The van der Waals surface area contributed by atoms with E-state index in [2.05, 4.69) is 65.2 Å². The van der Waals surface area contributed by atoms with E-state index in [-0.39, 0.29) is 51.4 Å². The molecule has 19 heavy (non-hydrogen) atoms. The third kappa shape index (κ3) is 995. The Kier molecular flexibility index (Phi) is 32.9. The molecule has 0 unspecified atom stereocenters. The first-order valence-corrected chi connectivity index (χ1v) is 10.4. The molecule has 0 amide bonds. The monoisotopic (exact) mass is 384 g/mol. The van der Waals surface area contributed by atoms with Crippen molar-refractivity contribution in [2.75, 3.05) is 0 Å². The maximum absolute atomic E-state index is 7.56. The van der Waals surface area contributed by atoms with Gasteiger partial charge in [0.1, 0.15) is 0 Å². The quantitative estimate of drug-likeness (QED) is 0.271. The second kappa shape index (κ2) is 18.7. The minimum atomic E-state index is -3.81. The number of rotatable bonds is 0. The van der Waals surface area contributed by atoms with Crippen molar-refractivity contribution in [3.63, 3.8) is 0 Å². The van der Waals surface area contributed by atoms with Crippen molar-refractivity contribution in [3.05, 3.63) is 0 Å². The van der Waals surface area contributed by atoms with Crippen molar-refractivity contribution >= 4 is 88.4 Å². The molecule has 118 valence electrons. The van der Waals surface area contributed by atoms with Crippen molar-refractivity contribution < 1.29 is 29.4 Å². The van der Waals surface area contributed by atoms with E-state index in [9.17, 15) is 0 Å². The molecule has 11 heteroatoms. The summed E-state index contributed by atoms with van der Waals surface area (Å²) in [6.07, 6.45) is 0. The molecule has 0 rings (SSSR count). The Bertz CT molecular complexity index is 206. The van der Waals surface area contributed by atoms with E-state index in [1.807, 2.05) is 0 Å². The van der Waals surface area contributed by atoms with E-state index >= 15 is 0 Å². The van der Waals surface area contributed by atoms with Gasteiger partial charge in [-0.15, -0.1) is 0 Å². The summed E-state index contributed by atoms with van der Waals surface area (Å²) in [5.74, 6) is 1.67. The van der Waals surface area contributed by atoms with Crippen molar-refractivity contribution in [3.8, 4) is 0 Å². The van der Waals surface area contributed by atoms with Gasteiger partial charge in [-0.2, -0.15) is 0 Å². The van der Waals surface area contributed by atoms with Gasteiger partial charge in [0.25, 0.3) is 0 Å². The molecule has 0 aliphatic heterocycles. The zero-order valence-electron chi connectivity index (χ0n) is 11.5. The molecular formula is C8H27KO6P2S2. The predicted molar refractivity (Wildman–Crippen MR) is 90.1 cm³/mol. The van der Waals surface area contributed by atoms with Gasteiger partial charge in [-0.3, -0.25) is 0 Å². The van der Waals surface area contributed by atoms with E-state index in [1.165, 1.54) is 0 Å². The summed E-state index contributed by atoms with van der Waals surface area (Å²) < 4.78 is 0. The van der Waals surface area contributed by atoms with Gasteiger partial charge in [0.15, 0.2) is 0 Å². The minimum absolute atomic E-state index is 0. The van der Waals surface area contributed by atoms with Crippen molar-refractivity contribution in [1.29, 1.82) is 0 Å². The van der Waals surface area contributed by atoms with Crippen LogP contribution in [-0.4, -0.2) is 80.7 Å². The summed E-state index contributed by atoms with van der Waals surface area (Å²) in [7, 11) is 0. The summed E-state index contributed by atoms with van der Waals surface area (Å²) >= 11 is 7.21. The fraction of sp³-hybridized carbons (Fsp3) is 1.00. The number of hydrogen-bond acceptors (Lipinski definition) is 2. The van der Waals surface area contributed by atoms with Crippen molar-refractivity contribution in [2.45, 2.75) is 41.5 Å². The second-order valence-corrected chi connectivity index (χ2v) is 9.48. The third-order valence-electron chi connectivity index (χ3n) is 0. The molecule has 0 fully saturated rings. The van der Waals surface area contributed by atoms with Gasteiger partial charge in [-0.1, -0.05) is 41.5 Å². The van der Waals surface area contributed by atoms with E-state index in [0.717, 1.165) is 11.8 Å². The molecule has 0 aliphatic carbocycles. The van der Waals surface area contributed by atoms with Crippen LogP contribution in [-0.2, 0) is 23.6 Å². The van der Waals surface area contributed by atoms with Gasteiger partial charge >= 0.3 is 64.8 Å². The zero-order chi connectivity index (χ0) is 16.2. The third-order valence-corrected chi connectivity index (χ3v) is 0. The van der Waals surface area contributed by atoms with Crippen LogP contribution < -0.4 is 0 Å². The molecule has 0 saturated carbocycles. The van der Waals surface area contributed by atoms with Crippen LogP contribution >= 0.6 is 13.4 Å². The molecule has 0 bridgehead atoms. The number of hydrogen-bond donors (Lipinski definition) is 6. The average molecular weight is 384 g/mol. The van der Waals surface area contributed by atoms with E-state index in [1.54, 1.807) is 0 Å². The molecular weight excluding hydrogens is 357 g/mol. The molecule has 0 radical (unpaired) electrons. The molecule has 0 aromatic carbocycles. The summed E-state index contributed by atoms with van der Waals surface area (Å²) in [5.41, 5.74) is 0. The molecule has 6 nitrogen and oxygen atoms in total.